The normalized spacial score (nSPS) is 10.8. The summed E-state index contributed by atoms with van der Waals surface area (Å²) in [4.78, 5) is 16.6. The molecule has 0 unspecified atom stereocenters. The van der Waals surface area contributed by atoms with Gasteiger partial charge >= 0.3 is 0 Å². The van der Waals surface area contributed by atoms with Crippen LogP contribution in [0.5, 0.6) is 5.75 Å². The van der Waals surface area contributed by atoms with E-state index in [1.54, 1.807) is 30.6 Å². The fraction of sp³-hybridized carbons (Fsp3) is 0.136. The molecule has 2 heterocycles. The zero-order valence-electron chi connectivity index (χ0n) is 15.6. The number of aromatic nitrogens is 3. The lowest BCUT2D eigenvalue weighted by Gasteiger charge is -2.09. The highest BCUT2D eigenvalue weighted by Crippen LogP contribution is 2.22. The summed E-state index contributed by atoms with van der Waals surface area (Å²) in [5.41, 5.74) is 1.65. The number of fused-ring (bicyclic) bond motifs is 1. The first kappa shape index (κ1) is 18.6. The quantitative estimate of drug-likeness (QED) is 0.488. The molecule has 146 valence electrons. The number of pyridine rings is 1. The molecule has 1 N–H and O–H groups in total. The summed E-state index contributed by atoms with van der Waals surface area (Å²) in [5, 5.41) is 8.04. The molecule has 7 heteroatoms. The van der Waals surface area contributed by atoms with Crippen LogP contribution in [0.25, 0.3) is 16.6 Å². The predicted molar refractivity (Wildman–Crippen MR) is 108 cm³/mol. The number of nitrogens with zero attached hydrogens (tertiary/aromatic N) is 3. The van der Waals surface area contributed by atoms with Crippen molar-refractivity contribution in [3.05, 3.63) is 84.6 Å². The molecule has 6 nitrogen and oxygen atoms in total. The van der Waals surface area contributed by atoms with E-state index in [0.717, 1.165) is 16.7 Å². The number of ether oxygens (including phenoxy) is 1. The van der Waals surface area contributed by atoms with Crippen molar-refractivity contribution in [3.8, 4) is 11.4 Å². The van der Waals surface area contributed by atoms with Crippen molar-refractivity contribution in [1.29, 1.82) is 0 Å². The number of para-hydroxylation sites is 1. The molecule has 4 aromatic rings. The number of benzene rings is 2. The molecule has 29 heavy (non-hydrogen) atoms. The number of amides is 1. The first-order valence-electron chi connectivity index (χ1n) is 9.27. The van der Waals surface area contributed by atoms with Crippen molar-refractivity contribution in [2.75, 3.05) is 13.2 Å². The molecule has 0 aliphatic heterocycles. The number of hydrogen-bond donors (Lipinski definition) is 1. The number of nitrogens with one attached hydrogen (secondary N) is 1. The first-order chi connectivity index (χ1) is 14.2. The van der Waals surface area contributed by atoms with E-state index >= 15 is 0 Å². The monoisotopic (exact) mass is 390 g/mol. The maximum atomic E-state index is 13.3. The highest BCUT2D eigenvalue weighted by atomic mass is 19.1. The fourth-order valence-electron chi connectivity index (χ4n) is 2.95. The summed E-state index contributed by atoms with van der Waals surface area (Å²) in [7, 11) is 0. The maximum Gasteiger partial charge on any atom is 0.271 e. The second kappa shape index (κ2) is 8.52. The fourth-order valence-corrected chi connectivity index (χ4v) is 2.95. The molecule has 0 aliphatic rings. The zero-order chi connectivity index (χ0) is 20.1. The van der Waals surface area contributed by atoms with Crippen molar-refractivity contribution < 1.29 is 13.9 Å². The average molecular weight is 390 g/mol. The van der Waals surface area contributed by atoms with Crippen LogP contribution in [0.2, 0.25) is 0 Å². The summed E-state index contributed by atoms with van der Waals surface area (Å²) >= 11 is 0. The molecule has 4 rings (SSSR count). The third-order valence-electron chi connectivity index (χ3n) is 4.35. The second-order valence-electron chi connectivity index (χ2n) is 6.41. The van der Waals surface area contributed by atoms with Gasteiger partial charge in [0, 0.05) is 24.3 Å². The summed E-state index contributed by atoms with van der Waals surface area (Å²) in [6.07, 6.45) is 4.00. The van der Waals surface area contributed by atoms with E-state index in [9.17, 15) is 9.18 Å². The van der Waals surface area contributed by atoms with Crippen LogP contribution in [0, 0.1) is 5.82 Å². The summed E-state index contributed by atoms with van der Waals surface area (Å²) in [6, 6.07) is 17.3. The Bertz CT molecular complexity index is 1140. The van der Waals surface area contributed by atoms with Gasteiger partial charge in [0.15, 0.2) is 5.69 Å². The molecule has 0 aliphatic carbocycles. The van der Waals surface area contributed by atoms with Gasteiger partial charge in [-0.1, -0.05) is 24.3 Å². The maximum absolute atomic E-state index is 13.3. The van der Waals surface area contributed by atoms with Crippen LogP contribution < -0.4 is 10.1 Å². The van der Waals surface area contributed by atoms with Crippen LogP contribution in [0.4, 0.5) is 4.39 Å². The highest BCUT2D eigenvalue weighted by molar-refractivity contribution is 5.92. The standard InChI is InChI=1S/C22H19FN4O2/c23-17-7-2-8-18(15-17)27-13-10-19(26-27)22(28)25-12-4-14-29-20-9-1-5-16-6-3-11-24-21(16)20/h1-3,5-11,13,15H,4,12,14H2,(H,25,28). The van der Waals surface area contributed by atoms with E-state index in [4.69, 9.17) is 4.74 Å². The molecular weight excluding hydrogens is 371 g/mol. The number of rotatable bonds is 7. The van der Waals surface area contributed by atoms with Gasteiger partial charge in [-0.05, 0) is 42.8 Å². The van der Waals surface area contributed by atoms with Gasteiger partial charge in [0.2, 0.25) is 0 Å². The Morgan fingerprint density at radius 1 is 1.10 bits per heavy atom. The van der Waals surface area contributed by atoms with E-state index in [1.165, 1.54) is 16.8 Å². The lowest BCUT2D eigenvalue weighted by molar-refractivity contribution is 0.0946. The molecule has 0 bridgehead atoms. The Labute approximate surface area is 167 Å². The molecule has 0 saturated heterocycles. The van der Waals surface area contributed by atoms with Gasteiger partial charge in [0.1, 0.15) is 17.1 Å². The van der Waals surface area contributed by atoms with Crippen molar-refractivity contribution in [2.45, 2.75) is 6.42 Å². The van der Waals surface area contributed by atoms with Gasteiger partial charge in [0.25, 0.3) is 5.91 Å². The molecular formula is C22H19FN4O2. The summed E-state index contributed by atoms with van der Waals surface area (Å²) < 4.78 is 20.6. The van der Waals surface area contributed by atoms with Crippen LogP contribution in [0.1, 0.15) is 16.9 Å². The first-order valence-corrected chi connectivity index (χ1v) is 9.27. The summed E-state index contributed by atoms with van der Waals surface area (Å²) in [6.45, 7) is 0.900. The Morgan fingerprint density at radius 3 is 2.86 bits per heavy atom. The Hall–Kier alpha value is -3.74. The average Bonchev–Trinajstić information content (AvgIpc) is 3.24. The SMILES string of the molecule is O=C(NCCCOc1cccc2cccnc12)c1ccn(-c2cccc(F)c2)n1. The molecule has 1 amide bonds. The van der Waals surface area contributed by atoms with Gasteiger partial charge < -0.3 is 10.1 Å². The van der Waals surface area contributed by atoms with Crippen LogP contribution >= 0.6 is 0 Å². The largest absolute Gasteiger partial charge is 0.491 e. The van der Waals surface area contributed by atoms with Crippen molar-refractivity contribution >= 4 is 16.8 Å². The topological polar surface area (TPSA) is 69.0 Å². The molecule has 2 aromatic carbocycles. The van der Waals surface area contributed by atoms with Crippen LogP contribution in [0.15, 0.2) is 73.1 Å². The minimum Gasteiger partial charge on any atom is -0.491 e. The lowest BCUT2D eigenvalue weighted by Crippen LogP contribution is -2.26. The van der Waals surface area contributed by atoms with Gasteiger partial charge in [-0.25, -0.2) is 9.07 Å². The number of hydrogen-bond acceptors (Lipinski definition) is 4. The van der Waals surface area contributed by atoms with Gasteiger partial charge in [-0.15, -0.1) is 0 Å². The van der Waals surface area contributed by atoms with E-state index in [0.29, 0.717) is 25.3 Å². The van der Waals surface area contributed by atoms with Gasteiger partial charge in [-0.2, -0.15) is 5.10 Å². The van der Waals surface area contributed by atoms with Crippen molar-refractivity contribution in [2.24, 2.45) is 0 Å². The number of carbonyl (C=O) groups is 1. The number of halogens is 1. The van der Waals surface area contributed by atoms with Crippen LogP contribution in [0.3, 0.4) is 0 Å². The lowest BCUT2D eigenvalue weighted by atomic mass is 10.2. The third-order valence-corrected chi connectivity index (χ3v) is 4.35. The Balaban J connectivity index is 1.27. The van der Waals surface area contributed by atoms with Gasteiger partial charge in [-0.3, -0.25) is 9.78 Å². The molecule has 0 saturated carbocycles. The molecule has 0 fully saturated rings. The molecule has 2 aromatic heterocycles. The third kappa shape index (κ3) is 4.40. The zero-order valence-corrected chi connectivity index (χ0v) is 15.6. The van der Waals surface area contributed by atoms with Crippen molar-refractivity contribution in [1.82, 2.24) is 20.1 Å². The smallest absolute Gasteiger partial charge is 0.271 e. The van der Waals surface area contributed by atoms with E-state index < -0.39 is 0 Å². The van der Waals surface area contributed by atoms with E-state index in [2.05, 4.69) is 15.4 Å². The van der Waals surface area contributed by atoms with Crippen LogP contribution in [-0.2, 0) is 0 Å². The minimum absolute atomic E-state index is 0.272. The number of carbonyl (C=O) groups excluding carboxylic acids is 1. The van der Waals surface area contributed by atoms with E-state index in [-0.39, 0.29) is 17.4 Å². The van der Waals surface area contributed by atoms with Gasteiger partial charge in [0.05, 0.1) is 12.3 Å². The highest BCUT2D eigenvalue weighted by Gasteiger charge is 2.10. The summed E-state index contributed by atoms with van der Waals surface area (Å²) in [5.74, 6) is 0.0839. The molecule has 0 spiro atoms. The predicted octanol–water partition coefficient (Wildman–Crippen LogP) is 3.76. The molecule has 0 radical (unpaired) electrons. The second-order valence-corrected chi connectivity index (χ2v) is 6.41. The molecule has 0 atom stereocenters. The van der Waals surface area contributed by atoms with Crippen molar-refractivity contribution in [3.63, 3.8) is 0 Å². The van der Waals surface area contributed by atoms with Crippen LogP contribution in [-0.4, -0.2) is 33.8 Å². The van der Waals surface area contributed by atoms with E-state index in [1.807, 2.05) is 30.3 Å². The Kier molecular flexibility index (Phi) is 5.47. The minimum atomic E-state index is -0.356. The Morgan fingerprint density at radius 2 is 1.97 bits per heavy atom.